The summed E-state index contributed by atoms with van der Waals surface area (Å²) in [6.07, 6.45) is 0.438. The molecule has 0 saturated heterocycles. The number of methoxy groups -OCH3 is 2. The molecular weight excluding hydrogens is 400 g/mol. The molecule has 1 rings (SSSR count). The van der Waals surface area contributed by atoms with Gasteiger partial charge < -0.3 is 14.6 Å². The van der Waals surface area contributed by atoms with Crippen molar-refractivity contribution in [3.05, 3.63) is 41.0 Å². The van der Waals surface area contributed by atoms with E-state index in [1.807, 2.05) is 6.92 Å². The molecule has 0 heterocycles. The smallest absolute Gasteiger partial charge is 0.335 e. The first-order valence-electron chi connectivity index (χ1n) is 8.97. The van der Waals surface area contributed by atoms with E-state index in [1.54, 1.807) is 12.1 Å². The van der Waals surface area contributed by atoms with Gasteiger partial charge in [0.15, 0.2) is 9.84 Å². The van der Waals surface area contributed by atoms with Gasteiger partial charge in [0.2, 0.25) is 0 Å². The third kappa shape index (κ3) is 6.70. The molecule has 1 N–H and O–H groups in total. The van der Waals surface area contributed by atoms with Crippen LogP contribution in [-0.4, -0.2) is 51.4 Å². The fourth-order valence-corrected chi connectivity index (χ4v) is 4.09. The molecule has 0 radical (unpaired) electrons. The average Bonchev–Trinajstić information content (AvgIpc) is 2.69. The van der Waals surface area contributed by atoms with E-state index in [9.17, 15) is 27.9 Å². The van der Waals surface area contributed by atoms with Gasteiger partial charge in [-0.1, -0.05) is 17.7 Å². The van der Waals surface area contributed by atoms with Crippen LogP contribution in [0.15, 0.2) is 40.3 Å². The number of esters is 2. The summed E-state index contributed by atoms with van der Waals surface area (Å²) in [5.41, 5.74) is 0.523. The zero-order chi connectivity index (χ0) is 22.2. The maximum absolute atomic E-state index is 12.4. The van der Waals surface area contributed by atoms with Crippen LogP contribution < -0.4 is 0 Å². The van der Waals surface area contributed by atoms with Crippen molar-refractivity contribution in [3.63, 3.8) is 0 Å². The van der Waals surface area contributed by atoms with Crippen molar-refractivity contribution in [2.75, 3.05) is 20.0 Å². The summed E-state index contributed by atoms with van der Waals surface area (Å²) in [6, 6.07) is 6.49. The maximum Gasteiger partial charge on any atom is 0.335 e. The van der Waals surface area contributed by atoms with Gasteiger partial charge in [0.25, 0.3) is 0 Å². The number of ether oxygens (including phenoxy) is 2. The van der Waals surface area contributed by atoms with E-state index in [0.29, 0.717) is 0 Å². The van der Waals surface area contributed by atoms with Crippen LogP contribution in [0, 0.1) is 12.8 Å². The molecule has 0 aromatic heterocycles. The van der Waals surface area contributed by atoms with Crippen molar-refractivity contribution in [3.8, 4) is 0 Å². The minimum Gasteiger partial charge on any atom is -0.481 e. The van der Waals surface area contributed by atoms with Crippen LogP contribution in [0.4, 0.5) is 0 Å². The van der Waals surface area contributed by atoms with Gasteiger partial charge in [0.05, 0.1) is 36.4 Å². The van der Waals surface area contributed by atoms with Crippen LogP contribution in [0.1, 0.15) is 31.7 Å². The lowest BCUT2D eigenvalue weighted by atomic mass is 9.92. The summed E-state index contributed by atoms with van der Waals surface area (Å²) in [5, 5.41) is 9.25. The van der Waals surface area contributed by atoms with Gasteiger partial charge in [-0.3, -0.25) is 4.79 Å². The Labute approximate surface area is 170 Å². The molecule has 1 unspecified atom stereocenters. The molecular formula is C20H26O8S. The number of carbonyl (C=O) groups is 3. The number of carboxylic acids is 1. The number of hydrogen-bond donors (Lipinski definition) is 1. The standard InChI is InChI=1S/C20H26O8S/c1-13-8-10-15(11-9-13)29(25,26)12-6-5-7-16(19(23)27-3)17(20(24)28-4)14(2)18(21)22/h8-11,14H,5-7,12H2,1-4H3,(H,21,22). The topological polar surface area (TPSA) is 124 Å². The lowest BCUT2D eigenvalue weighted by Crippen LogP contribution is -2.24. The number of carboxylic acid groups (broad SMARTS) is 1. The van der Waals surface area contributed by atoms with Crippen LogP contribution in [-0.2, 0) is 33.7 Å². The highest BCUT2D eigenvalue weighted by atomic mass is 32.2. The number of aryl methyl sites for hydroxylation is 1. The van der Waals surface area contributed by atoms with E-state index in [1.165, 1.54) is 19.1 Å². The fraction of sp³-hybridized carbons (Fsp3) is 0.450. The molecule has 160 valence electrons. The van der Waals surface area contributed by atoms with Crippen molar-refractivity contribution >= 4 is 27.7 Å². The molecule has 0 saturated carbocycles. The first-order chi connectivity index (χ1) is 13.5. The Kier molecular flexibility index (Phi) is 9.03. The highest BCUT2D eigenvalue weighted by Crippen LogP contribution is 2.24. The van der Waals surface area contributed by atoms with E-state index < -0.39 is 33.7 Å². The van der Waals surface area contributed by atoms with Crippen LogP contribution in [0.5, 0.6) is 0 Å². The van der Waals surface area contributed by atoms with Gasteiger partial charge in [-0.25, -0.2) is 18.0 Å². The number of unbranched alkanes of at least 4 members (excludes halogenated alkanes) is 1. The van der Waals surface area contributed by atoms with Gasteiger partial charge in [0, 0.05) is 5.57 Å². The first-order valence-corrected chi connectivity index (χ1v) is 10.6. The molecule has 0 spiro atoms. The Hall–Kier alpha value is -2.68. The lowest BCUT2D eigenvalue weighted by Gasteiger charge is -2.15. The second-order valence-electron chi connectivity index (χ2n) is 6.52. The largest absolute Gasteiger partial charge is 0.481 e. The first kappa shape index (κ1) is 24.4. The zero-order valence-corrected chi connectivity index (χ0v) is 17.7. The Morgan fingerprint density at radius 1 is 1.00 bits per heavy atom. The molecule has 0 bridgehead atoms. The summed E-state index contributed by atoms with van der Waals surface area (Å²) < 4.78 is 34.1. The van der Waals surface area contributed by atoms with Crippen LogP contribution in [0.2, 0.25) is 0 Å². The predicted octanol–water partition coefficient (Wildman–Crippen LogP) is 2.30. The van der Waals surface area contributed by atoms with Gasteiger partial charge >= 0.3 is 17.9 Å². The minimum absolute atomic E-state index is 0.0157. The maximum atomic E-state index is 12.4. The molecule has 0 aliphatic heterocycles. The highest BCUT2D eigenvalue weighted by Gasteiger charge is 2.30. The Morgan fingerprint density at radius 3 is 2.03 bits per heavy atom. The van der Waals surface area contributed by atoms with E-state index in [4.69, 9.17) is 0 Å². The molecule has 0 aliphatic rings. The summed E-state index contributed by atoms with van der Waals surface area (Å²) in [6.45, 7) is 3.12. The van der Waals surface area contributed by atoms with Crippen molar-refractivity contribution in [2.24, 2.45) is 5.92 Å². The monoisotopic (exact) mass is 426 g/mol. The Balaban J connectivity index is 2.99. The SMILES string of the molecule is COC(=O)C(CCCCS(=O)(=O)c1ccc(C)cc1)=C(C(=O)OC)C(C)C(=O)O. The quantitative estimate of drug-likeness (QED) is 0.343. The van der Waals surface area contributed by atoms with E-state index in [-0.39, 0.29) is 41.1 Å². The van der Waals surface area contributed by atoms with Crippen LogP contribution >= 0.6 is 0 Å². The lowest BCUT2D eigenvalue weighted by molar-refractivity contribution is -0.145. The second-order valence-corrected chi connectivity index (χ2v) is 8.63. The molecule has 0 aliphatic carbocycles. The molecule has 1 aromatic rings. The summed E-state index contributed by atoms with van der Waals surface area (Å²) in [7, 11) is -1.29. The third-order valence-electron chi connectivity index (χ3n) is 4.44. The normalized spacial score (nSPS) is 13.2. The van der Waals surface area contributed by atoms with E-state index in [0.717, 1.165) is 19.8 Å². The van der Waals surface area contributed by atoms with Gasteiger partial charge in [-0.05, 0) is 45.2 Å². The molecule has 0 fully saturated rings. The molecule has 1 aromatic carbocycles. The average molecular weight is 426 g/mol. The highest BCUT2D eigenvalue weighted by molar-refractivity contribution is 7.91. The summed E-state index contributed by atoms with van der Waals surface area (Å²) >= 11 is 0. The number of aliphatic carboxylic acids is 1. The molecule has 29 heavy (non-hydrogen) atoms. The number of benzene rings is 1. The Morgan fingerprint density at radius 2 is 1.55 bits per heavy atom. The second kappa shape index (κ2) is 10.8. The van der Waals surface area contributed by atoms with Gasteiger partial charge in [-0.15, -0.1) is 0 Å². The van der Waals surface area contributed by atoms with E-state index >= 15 is 0 Å². The van der Waals surface area contributed by atoms with Crippen molar-refractivity contribution in [1.29, 1.82) is 0 Å². The van der Waals surface area contributed by atoms with Crippen LogP contribution in [0.25, 0.3) is 0 Å². The van der Waals surface area contributed by atoms with Gasteiger partial charge in [-0.2, -0.15) is 0 Å². The van der Waals surface area contributed by atoms with E-state index in [2.05, 4.69) is 9.47 Å². The van der Waals surface area contributed by atoms with Gasteiger partial charge in [0.1, 0.15) is 0 Å². The number of rotatable bonds is 10. The third-order valence-corrected chi connectivity index (χ3v) is 6.25. The van der Waals surface area contributed by atoms with Crippen molar-refractivity contribution in [2.45, 2.75) is 38.0 Å². The fourth-order valence-electron chi connectivity index (χ4n) is 2.72. The molecule has 0 amide bonds. The number of sulfone groups is 1. The summed E-state index contributed by atoms with van der Waals surface area (Å²) in [5.74, 6) is -4.51. The Bertz CT molecular complexity index is 882. The predicted molar refractivity (Wildman–Crippen MR) is 105 cm³/mol. The molecule has 9 heteroatoms. The van der Waals surface area contributed by atoms with Crippen LogP contribution in [0.3, 0.4) is 0 Å². The number of carbonyl (C=O) groups excluding carboxylic acids is 2. The van der Waals surface area contributed by atoms with Crippen molar-refractivity contribution in [1.82, 2.24) is 0 Å². The minimum atomic E-state index is -3.49. The summed E-state index contributed by atoms with van der Waals surface area (Å²) in [4.78, 5) is 35.8. The molecule has 8 nitrogen and oxygen atoms in total. The van der Waals surface area contributed by atoms with Crippen molar-refractivity contribution < 1.29 is 37.4 Å². The number of hydrogen-bond acceptors (Lipinski definition) is 7. The molecule has 1 atom stereocenters. The zero-order valence-electron chi connectivity index (χ0n) is 16.9.